The van der Waals surface area contributed by atoms with Gasteiger partial charge in [-0.05, 0) is 24.3 Å². The molecule has 0 aromatic heterocycles. The van der Waals surface area contributed by atoms with Crippen LogP contribution in [0, 0.1) is 0 Å². The summed E-state index contributed by atoms with van der Waals surface area (Å²) in [7, 11) is 1.94. The molecule has 0 saturated heterocycles. The lowest BCUT2D eigenvalue weighted by Crippen LogP contribution is -2.38. The van der Waals surface area contributed by atoms with Crippen molar-refractivity contribution in [3.8, 4) is 5.75 Å². The van der Waals surface area contributed by atoms with Gasteiger partial charge in [0.05, 0.1) is 26.0 Å². The second-order valence-corrected chi connectivity index (χ2v) is 9.67. The van der Waals surface area contributed by atoms with Gasteiger partial charge in [0, 0.05) is 10.7 Å². The van der Waals surface area contributed by atoms with Gasteiger partial charge in [-0.1, -0.05) is 0 Å². The Morgan fingerprint density at radius 1 is 1.08 bits per heavy atom. The lowest BCUT2D eigenvalue weighted by molar-refractivity contribution is -0.870. The predicted octanol–water partition coefficient (Wildman–Crippen LogP) is 2.09. The van der Waals surface area contributed by atoms with Crippen molar-refractivity contribution in [1.82, 2.24) is 0 Å². The van der Waals surface area contributed by atoms with E-state index in [1.807, 2.05) is 0 Å². The van der Waals surface area contributed by atoms with Gasteiger partial charge in [0.1, 0.15) is 18.9 Å². The van der Waals surface area contributed by atoms with Gasteiger partial charge >= 0.3 is 15.6 Å². The molecule has 7 nitrogen and oxygen atoms in total. The topological polar surface area (TPSA) is 97.7 Å². The van der Waals surface area contributed by atoms with E-state index >= 15 is 0 Å². The van der Waals surface area contributed by atoms with Gasteiger partial charge in [-0.15, -0.1) is 0 Å². The Bertz CT molecular complexity index is 756. The van der Waals surface area contributed by atoms with Crippen LogP contribution in [-0.4, -0.2) is 65.7 Å². The van der Waals surface area contributed by atoms with Crippen molar-refractivity contribution >= 4 is 29.9 Å². The van der Waals surface area contributed by atoms with Crippen molar-refractivity contribution < 1.29 is 43.8 Å². The molecule has 0 fully saturated rings. The third-order valence-electron chi connectivity index (χ3n) is 2.43. The Morgan fingerprint density at radius 3 is 1.76 bits per heavy atom. The molecule has 0 radical (unpaired) electrons. The van der Waals surface area contributed by atoms with Gasteiger partial charge in [-0.25, -0.2) is 8.42 Å². The van der Waals surface area contributed by atoms with Crippen LogP contribution in [0.25, 0.3) is 0 Å². The number of halogens is 4. The molecular formula is C12H18ClF3NO6S2+. The van der Waals surface area contributed by atoms with Crippen molar-refractivity contribution in [2.75, 3.05) is 34.3 Å². The van der Waals surface area contributed by atoms with Gasteiger partial charge < -0.3 is 9.22 Å². The summed E-state index contributed by atoms with van der Waals surface area (Å²) in [5, 5.41) is 0. The summed E-state index contributed by atoms with van der Waals surface area (Å²) >= 11 is 0. The lowest BCUT2D eigenvalue weighted by Gasteiger charge is -2.23. The van der Waals surface area contributed by atoms with Crippen LogP contribution in [0.4, 0.5) is 13.2 Å². The summed E-state index contributed by atoms with van der Waals surface area (Å²) in [6, 6.07) is 6.07. The van der Waals surface area contributed by atoms with Crippen molar-refractivity contribution in [3.05, 3.63) is 24.3 Å². The molecule has 0 aliphatic rings. The van der Waals surface area contributed by atoms with Crippen LogP contribution in [0.5, 0.6) is 5.75 Å². The van der Waals surface area contributed by atoms with E-state index in [0.717, 1.165) is 11.0 Å². The molecule has 0 spiro atoms. The van der Waals surface area contributed by atoms with Gasteiger partial charge in [0.15, 0.2) is 0 Å². The van der Waals surface area contributed by atoms with Gasteiger partial charge in [0.25, 0.3) is 9.05 Å². The number of quaternary nitrogens is 1. The largest absolute Gasteiger partial charge is 0.522 e. The van der Waals surface area contributed by atoms with E-state index in [-0.39, 0.29) is 4.90 Å². The molecule has 1 aromatic carbocycles. The number of hydrogen-bond acceptors (Lipinski definition) is 5. The maximum Gasteiger partial charge on any atom is 0.522 e. The molecule has 0 aliphatic heterocycles. The molecule has 0 aliphatic carbocycles. The van der Waals surface area contributed by atoms with E-state index in [2.05, 4.69) is 21.1 Å². The summed E-state index contributed by atoms with van der Waals surface area (Å²) in [5.74, 6) is 0.641. The Hall–Kier alpha value is -1.08. The van der Waals surface area contributed by atoms with E-state index in [4.69, 9.17) is 28.4 Å². The first-order chi connectivity index (χ1) is 10.9. The van der Waals surface area contributed by atoms with Crippen molar-refractivity contribution in [3.63, 3.8) is 0 Å². The standard InChI is InChI=1S/C11H17ClNO3S.CHF3O3S/c1-13(2,3)8-9-16-10-4-6-11(7-5-10)17(12,14)15;2-1(3,4)8(5,6)7/h4-7H,8-9H2,1-3H3;(H,5,6,7)/q+1;. The molecule has 13 heteroatoms. The second-order valence-electron chi connectivity index (χ2n) is 5.69. The first kappa shape index (κ1) is 23.9. The highest BCUT2D eigenvalue weighted by Crippen LogP contribution is 2.20. The third kappa shape index (κ3) is 10.5. The molecule has 0 heterocycles. The molecule has 0 saturated carbocycles. The Balaban J connectivity index is 0.000000609. The Kier molecular flexibility index (Phi) is 8.17. The van der Waals surface area contributed by atoms with Crippen LogP contribution >= 0.6 is 10.7 Å². The molecule has 1 aromatic rings. The molecule has 1 rings (SSSR count). The summed E-state index contributed by atoms with van der Waals surface area (Å²) in [6.07, 6.45) is 0. The van der Waals surface area contributed by atoms with Crippen molar-refractivity contribution in [2.45, 2.75) is 10.4 Å². The number of rotatable bonds is 5. The van der Waals surface area contributed by atoms with E-state index in [9.17, 15) is 21.6 Å². The number of likely N-dealkylation sites (N-methyl/N-ethyl adjacent to an activating group) is 1. The fraction of sp³-hybridized carbons (Fsp3) is 0.500. The smallest absolute Gasteiger partial charge is 0.488 e. The molecule has 0 amide bonds. The third-order valence-corrected chi connectivity index (χ3v) is 4.38. The van der Waals surface area contributed by atoms with Crippen LogP contribution in [-0.2, 0) is 19.2 Å². The molecule has 25 heavy (non-hydrogen) atoms. The minimum Gasteiger partial charge on any atom is -0.488 e. The van der Waals surface area contributed by atoms with Gasteiger partial charge in [0.2, 0.25) is 0 Å². The highest BCUT2D eigenvalue weighted by molar-refractivity contribution is 8.13. The van der Waals surface area contributed by atoms with E-state index in [1.165, 1.54) is 12.1 Å². The quantitative estimate of drug-likeness (QED) is 0.334. The number of alkyl halides is 3. The summed E-state index contributed by atoms with van der Waals surface area (Å²) in [5.41, 5.74) is -5.53. The highest BCUT2D eigenvalue weighted by Gasteiger charge is 2.44. The van der Waals surface area contributed by atoms with Crippen LogP contribution in [0.1, 0.15) is 0 Å². The first-order valence-electron chi connectivity index (χ1n) is 6.45. The molecular weight excluding hydrogens is 411 g/mol. The fourth-order valence-electron chi connectivity index (χ4n) is 1.14. The number of ether oxygens (including phenoxy) is 1. The van der Waals surface area contributed by atoms with E-state index in [1.54, 1.807) is 12.1 Å². The van der Waals surface area contributed by atoms with E-state index in [0.29, 0.717) is 12.4 Å². The predicted molar refractivity (Wildman–Crippen MR) is 85.5 cm³/mol. The molecule has 0 bridgehead atoms. The maximum absolute atomic E-state index is 11.0. The fourth-order valence-corrected chi connectivity index (χ4v) is 1.91. The van der Waals surface area contributed by atoms with Crippen molar-refractivity contribution in [1.29, 1.82) is 0 Å². The lowest BCUT2D eigenvalue weighted by atomic mass is 10.3. The number of benzene rings is 1. The Labute approximate surface area is 148 Å². The summed E-state index contributed by atoms with van der Waals surface area (Å²) < 4.78 is 85.9. The number of hydrogen-bond donors (Lipinski definition) is 1. The highest BCUT2D eigenvalue weighted by atomic mass is 35.7. The normalized spacial score (nSPS) is 13.0. The summed E-state index contributed by atoms with van der Waals surface area (Å²) in [6.45, 7) is 1.45. The van der Waals surface area contributed by atoms with Crippen LogP contribution in [0.15, 0.2) is 29.2 Å². The minimum atomic E-state index is -5.84. The number of nitrogens with zero attached hydrogens (tertiary/aromatic N) is 1. The van der Waals surface area contributed by atoms with Crippen LogP contribution in [0.3, 0.4) is 0 Å². The van der Waals surface area contributed by atoms with Crippen molar-refractivity contribution in [2.24, 2.45) is 0 Å². The molecule has 1 N–H and O–H groups in total. The monoisotopic (exact) mass is 428 g/mol. The van der Waals surface area contributed by atoms with Gasteiger partial charge in [-0.2, -0.15) is 21.6 Å². The molecule has 146 valence electrons. The second kappa shape index (κ2) is 8.54. The zero-order valence-electron chi connectivity index (χ0n) is 13.5. The van der Waals surface area contributed by atoms with Gasteiger partial charge in [-0.3, -0.25) is 4.55 Å². The first-order valence-corrected chi connectivity index (χ1v) is 10.2. The zero-order chi connectivity index (χ0) is 20.1. The Morgan fingerprint density at radius 2 is 1.48 bits per heavy atom. The van der Waals surface area contributed by atoms with Crippen LogP contribution in [0.2, 0.25) is 0 Å². The average Bonchev–Trinajstić information content (AvgIpc) is 2.35. The minimum absolute atomic E-state index is 0.0816. The van der Waals surface area contributed by atoms with Crippen LogP contribution < -0.4 is 4.74 Å². The molecule has 0 unspecified atom stereocenters. The average molecular weight is 429 g/mol. The maximum atomic E-state index is 11.0. The molecule has 0 atom stereocenters. The SMILES string of the molecule is C[N+](C)(C)CCOc1ccc(S(=O)(=O)Cl)cc1.O=S(=O)(O)C(F)(F)F. The summed E-state index contributed by atoms with van der Waals surface area (Å²) in [4.78, 5) is 0.0816. The van der Waals surface area contributed by atoms with E-state index < -0.39 is 24.7 Å². The zero-order valence-corrected chi connectivity index (χ0v) is 15.9.